The highest BCUT2D eigenvalue weighted by molar-refractivity contribution is 6.17. The molecule has 2 atom stereocenters. The lowest BCUT2D eigenvalue weighted by Crippen LogP contribution is -2.45. The predicted octanol–water partition coefficient (Wildman–Crippen LogP) is 9.22. The Morgan fingerprint density at radius 2 is 1.59 bits per heavy atom. The first-order valence-corrected chi connectivity index (χ1v) is 16.8. The van der Waals surface area contributed by atoms with Crippen LogP contribution in [0.15, 0.2) is 71.4 Å². The molecule has 0 bridgehead atoms. The lowest BCUT2D eigenvalue weighted by molar-refractivity contribution is -0.144. The number of hydrogen-bond donors (Lipinski definition) is 1. The fourth-order valence-electron chi connectivity index (χ4n) is 5.21. The number of carbonyl (C=O) groups excluding carboxylic acids is 3. The summed E-state index contributed by atoms with van der Waals surface area (Å²) in [6.07, 6.45) is 19.6. The van der Waals surface area contributed by atoms with Crippen LogP contribution in [0.4, 0.5) is 0 Å². The van der Waals surface area contributed by atoms with E-state index in [0.717, 1.165) is 44.1 Å². The van der Waals surface area contributed by atoms with Crippen molar-refractivity contribution in [1.82, 2.24) is 0 Å². The van der Waals surface area contributed by atoms with Crippen LogP contribution in [0.2, 0.25) is 0 Å². The van der Waals surface area contributed by atoms with Crippen LogP contribution >= 0.6 is 0 Å². The number of carbonyl (C=O) groups is 3. The molecule has 0 aromatic heterocycles. The number of benzene rings is 1. The highest BCUT2D eigenvalue weighted by Gasteiger charge is 2.50. The molecular weight excluding hydrogens is 572 g/mol. The van der Waals surface area contributed by atoms with Crippen LogP contribution in [0.25, 0.3) is 0 Å². The highest BCUT2D eigenvalue weighted by atomic mass is 16.5. The van der Waals surface area contributed by atoms with Crippen LogP contribution in [-0.2, 0) is 9.59 Å². The van der Waals surface area contributed by atoms with Gasteiger partial charge in [-0.15, -0.1) is 0 Å². The second-order valence-corrected chi connectivity index (χ2v) is 12.5. The number of unbranched alkanes of at least 4 members (excludes halogenated alkanes) is 5. The van der Waals surface area contributed by atoms with Crippen molar-refractivity contribution < 1.29 is 24.2 Å². The van der Waals surface area contributed by atoms with Crippen molar-refractivity contribution >= 4 is 17.5 Å². The van der Waals surface area contributed by atoms with E-state index in [1.165, 1.54) is 36.8 Å². The zero-order chi connectivity index (χ0) is 33.8. The Balaban J connectivity index is 2.06. The van der Waals surface area contributed by atoms with Gasteiger partial charge in [-0.05, 0) is 115 Å². The molecule has 0 fully saturated rings. The van der Waals surface area contributed by atoms with Crippen molar-refractivity contribution in [3.05, 3.63) is 76.9 Å². The standard InChI is InChI=1S/C41H52O5/c1-6-7-8-9-10-11-12-23-35(42)24-13-14-25-36(43)29-31-41(39(44)37-26-15-16-27-38(37)46-40(41)45)30-28-34(5)22-18-21-33(4)20-17-19-32(2)3/h12,15-16,19,21,23,26-28,35,42H,6-11,17-18,20,22,29-31H2,1-5H3/b23-12+,33-21+,34-28+. The largest absolute Gasteiger partial charge is 0.425 e. The monoisotopic (exact) mass is 624 g/mol. The van der Waals surface area contributed by atoms with Crippen molar-refractivity contribution in [2.24, 2.45) is 5.41 Å². The second-order valence-electron chi connectivity index (χ2n) is 12.5. The first-order chi connectivity index (χ1) is 22.1. The second kappa shape index (κ2) is 21.0. The number of esters is 1. The van der Waals surface area contributed by atoms with E-state index in [2.05, 4.69) is 63.5 Å². The van der Waals surface area contributed by atoms with Gasteiger partial charge in [0.15, 0.2) is 5.78 Å². The van der Waals surface area contributed by atoms with Gasteiger partial charge < -0.3 is 9.84 Å². The third kappa shape index (κ3) is 13.6. The number of aliphatic hydroxyl groups is 1. The van der Waals surface area contributed by atoms with Crippen molar-refractivity contribution in [2.75, 3.05) is 0 Å². The molecule has 2 unspecified atom stereocenters. The zero-order valence-corrected chi connectivity index (χ0v) is 28.5. The number of ketones is 2. The molecule has 1 aliphatic rings. The first-order valence-electron chi connectivity index (χ1n) is 16.8. The molecule has 1 aromatic rings. The predicted molar refractivity (Wildman–Crippen MR) is 187 cm³/mol. The van der Waals surface area contributed by atoms with Crippen molar-refractivity contribution in [3.8, 4) is 29.4 Å². The molecule has 1 N–H and O–H groups in total. The van der Waals surface area contributed by atoms with Gasteiger partial charge in [-0.25, -0.2) is 0 Å². The summed E-state index contributed by atoms with van der Waals surface area (Å²) < 4.78 is 5.63. The third-order valence-electron chi connectivity index (χ3n) is 8.14. The summed E-state index contributed by atoms with van der Waals surface area (Å²) in [5.74, 6) is 8.96. The fourth-order valence-corrected chi connectivity index (χ4v) is 5.21. The minimum Gasteiger partial charge on any atom is -0.425 e. The molecule has 1 heterocycles. The minimum atomic E-state index is -1.51. The molecule has 0 saturated heterocycles. The van der Waals surface area contributed by atoms with E-state index in [1.807, 2.05) is 19.1 Å². The summed E-state index contributed by atoms with van der Waals surface area (Å²) >= 11 is 0. The number of ether oxygens (including phenoxy) is 1. The molecule has 5 heteroatoms. The van der Waals surface area contributed by atoms with Gasteiger partial charge in [-0.3, -0.25) is 14.4 Å². The number of para-hydroxylation sites is 1. The van der Waals surface area contributed by atoms with Crippen LogP contribution < -0.4 is 4.74 Å². The number of aliphatic hydroxyl groups excluding tert-OH is 1. The van der Waals surface area contributed by atoms with Crippen molar-refractivity contribution in [1.29, 1.82) is 0 Å². The average molecular weight is 625 g/mol. The Morgan fingerprint density at radius 1 is 0.891 bits per heavy atom. The quantitative estimate of drug-likeness (QED) is 0.0335. The Hall–Kier alpha value is -3.93. The Labute approximate surface area is 277 Å². The molecule has 0 saturated carbocycles. The molecule has 46 heavy (non-hydrogen) atoms. The van der Waals surface area contributed by atoms with E-state index < -0.39 is 23.3 Å². The number of fused-ring (bicyclic) bond motifs is 1. The van der Waals surface area contributed by atoms with Crippen molar-refractivity contribution in [3.63, 3.8) is 0 Å². The van der Waals surface area contributed by atoms with Crippen LogP contribution in [-0.4, -0.2) is 28.7 Å². The maximum absolute atomic E-state index is 13.8. The van der Waals surface area contributed by atoms with Gasteiger partial charge in [-0.1, -0.05) is 91.7 Å². The van der Waals surface area contributed by atoms with Gasteiger partial charge in [-0.2, -0.15) is 0 Å². The SMILES string of the molecule is CCCCCCC/C=C/C(O)C#CC#CC(=O)CCC1(C/C=C(\C)CC/C=C(\C)CCC=C(C)C)C(=O)Oc2ccccc2C1=O. The van der Waals surface area contributed by atoms with Gasteiger partial charge in [0.1, 0.15) is 17.3 Å². The molecule has 0 aliphatic carbocycles. The number of hydrogen-bond acceptors (Lipinski definition) is 5. The first kappa shape index (κ1) is 38.3. The van der Waals surface area contributed by atoms with Gasteiger partial charge in [0.05, 0.1) is 5.56 Å². The van der Waals surface area contributed by atoms with Crippen LogP contribution in [0.3, 0.4) is 0 Å². The van der Waals surface area contributed by atoms with E-state index in [-0.39, 0.29) is 30.8 Å². The maximum atomic E-state index is 13.8. The van der Waals surface area contributed by atoms with E-state index in [0.29, 0.717) is 5.56 Å². The minimum absolute atomic E-state index is 0.0171. The van der Waals surface area contributed by atoms with Gasteiger partial charge in [0, 0.05) is 6.42 Å². The zero-order valence-electron chi connectivity index (χ0n) is 28.5. The highest BCUT2D eigenvalue weighted by Crippen LogP contribution is 2.42. The summed E-state index contributed by atoms with van der Waals surface area (Å²) in [6.45, 7) is 10.5. The topological polar surface area (TPSA) is 80.7 Å². The molecule has 0 radical (unpaired) electrons. The summed E-state index contributed by atoms with van der Waals surface area (Å²) in [5, 5.41) is 10.0. The molecule has 5 nitrogen and oxygen atoms in total. The summed E-state index contributed by atoms with van der Waals surface area (Å²) in [6, 6.07) is 6.71. The van der Waals surface area contributed by atoms with E-state index in [4.69, 9.17) is 4.74 Å². The normalized spacial score (nSPS) is 16.9. The third-order valence-corrected chi connectivity index (χ3v) is 8.14. The molecule has 0 spiro atoms. The van der Waals surface area contributed by atoms with E-state index in [9.17, 15) is 19.5 Å². The number of Topliss-reactive ketones (excluding diaryl/α,β-unsaturated/α-hetero) is 2. The fraction of sp³-hybridized carbons (Fsp3) is 0.488. The molecule has 1 aromatic carbocycles. The summed E-state index contributed by atoms with van der Waals surface area (Å²) in [7, 11) is 0. The Bertz CT molecular complexity index is 1430. The van der Waals surface area contributed by atoms with E-state index >= 15 is 0 Å². The smallest absolute Gasteiger partial charge is 0.325 e. The molecule has 246 valence electrons. The average Bonchev–Trinajstić information content (AvgIpc) is 3.02. The van der Waals surface area contributed by atoms with Crippen LogP contribution in [0.1, 0.15) is 128 Å². The maximum Gasteiger partial charge on any atom is 0.325 e. The number of rotatable bonds is 18. The lowest BCUT2D eigenvalue weighted by Gasteiger charge is -2.33. The number of allylic oxidation sites excluding steroid dienone is 7. The van der Waals surface area contributed by atoms with Gasteiger partial charge in [0.2, 0.25) is 5.78 Å². The van der Waals surface area contributed by atoms with E-state index in [1.54, 1.807) is 30.3 Å². The Morgan fingerprint density at radius 3 is 2.33 bits per heavy atom. The van der Waals surface area contributed by atoms with Gasteiger partial charge in [0.25, 0.3) is 0 Å². The summed E-state index contributed by atoms with van der Waals surface area (Å²) in [4.78, 5) is 39.9. The summed E-state index contributed by atoms with van der Waals surface area (Å²) in [5.41, 5.74) is 2.57. The Kier molecular flexibility index (Phi) is 17.4. The van der Waals surface area contributed by atoms with Crippen molar-refractivity contribution in [2.45, 2.75) is 124 Å². The molecule has 0 amide bonds. The molecule has 1 aliphatic heterocycles. The molecular formula is C41H52O5. The van der Waals surface area contributed by atoms with Crippen LogP contribution in [0.5, 0.6) is 5.75 Å². The molecule has 2 rings (SSSR count). The van der Waals surface area contributed by atoms with Gasteiger partial charge >= 0.3 is 5.97 Å². The lowest BCUT2D eigenvalue weighted by atomic mass is 9.71. The van der Waals surface area contributed by atoms with Crippen LogP contribution in [0, 0.1) is 29.1 Å².